The maximum absolute atomic E-state index is 4.31. The Kier molecular flexibility index (Phi) is 11.8. The first-order valence-corrected chi connectivity index (χ1v) is 8.67. The van der Waals surface area contributed by atoms with Crippen molar-refractivity contribution in [3.05, 3.63) is 48.9 Å². The first-order valence-electron chi connectivity index (χ1n) is 8.67. The Morgan fingerprint density at radius 3 is 2.09 bits per heavy atom. The molecule has 2 heterocycles. The number of pyridine rings is 1. The maximum Gasteiger partial charge on any atom is 0.144 e. The normalized spacial score (nSPS) is 9.00. The summed E-state index contributed by atoms with van der Waals surface area (Å²) in [4.78, 5) is 4.31. The van der Waals surface area contributed by atoms with Gasteiger partial charge in [0, 0.05) is 24.0 Å². The summed E-state index contributed by atoms with van der Waals surface area (Å²) >= 11 is 0. The van der Waals surface area contributed by atoms with Gasteiger partial charge in [-0.15, -0.1) is 0 Å². The number of unbranched alkanes of at least 4 members (excludes halogenated alkanes) is 2. The smallest absolute Gasteiger partial charge is 0.144 e. The summed E-state index contributed by atoms with van der Waals surface area (Å²) < 4.78 is 2.03. The van der Waals surface area contributed by atoms with E-state index in [1.165, 1.54) is 30.0 Å². The van der Waals surface area contributed by atoms with Crippen molar-refractivity contribution in [2.75, 3.05) is 0 Å². The SMILES string of the molecule is CC.CC.CCCCC.c1ccc2c(c1)ccn1ccnc21. The molecule has 0 atom stereocenters. The van der Waals surface area contributed by atoms with Gasteiger partial charge in [-0.05, 0) is 11.5 Å². The van der Waals surface area contributed by atoms with Gasteiger partial charge in [0.05, 0.1) is 0 Å². The van der Waals surface area contributed by atoms with Crippen LogP contribution in [0.3, 0.4) is 0 Å². The minimum Gasteiger partial charge on any atom is -0.307 e. The highest BCUT2D eigenvalue weighted by atomic mass is 15.0. The van der Waals surface area contributed by atoms with E-state index in [1.807, 2.05) is 62.8 Å². The van der Waals surface area contributed by atoms with Gasteiger partial charge in [-0.2, -0.15) is 0 Å². The second-order valence-electron chi connectivity index (χ2n) is 4.41. The topological polar surface area (TPSA) is 17.3 Å². The predicted octanol–water partition coefficient (Wildman–Crippen LogP) is 6.74. The Morgan fingerprint density at radius 2 is 1.50 bits per heavy atom. The molecule has 0 saturated carbocycles. The van der Waals surface area contributed by atoms with E-state index >= 15 is 0 Å². The molecule has 2 aromatic heterocycles. The Labute approximate surface area is 136 Å². The second-order valence-corrected chi connectivity index (χ2v) is 4.41. The van der Waals surface area contributed by atoms with E-state index in [-0.39, 0.29) is 0 Å². The van der Waals surface area contributed by atoms with E-state index in [0.717, 1.165) is 5.65 Å². The molecular formula is C20H32N2. The molecule has 0 aliphatic carbocycles. The monoisotopic (exact) mass is 300 g/mol. The minimum atomic E-state index is 1.03. The van der Waals surface area contributed by atoms with E-state index in [4.69, 9.17) is 0 Å². The summed E-state index contributed by atoms with van der Waals surface area (Å²) in [6.07, 6.45) is 9.89. The average Bonchev–Trinajstić information content (AvgIpc) is 3.09. The van der Waals surface area contributed by atoms with Crippen molar-refractivity contribution in [3.8, 4) is 0 Å². The van der Waals surface area contributed by atoms with Crippen molar-refractivity contribution in [2.45, 2.75) is 60.8 Å². The third-order valence-electron chi connectivity index (χ3n) is 2.99. The molecule has 0 aliphatic rings. The van der Waals surface area contributed by atoms with Crippen LogP contribution in [0.1, 0.15) is 60.8 Å². The number of rotatable bonds is 2. The van der Waals surface area contributed by atoms with Crippen LogP contribution in [0.15, 0.2) is 48.9 Å². The van der Waals surface area contributed by atoms with Crippen molar-refractivity contribution in [1.82, 2.24) is 9.38 Å². The third kappa shape index (κ3) is 5.88. The van der Waals surface area contributed by atoms with E-state index in [9.17, 15) is 0 Å². The highest BCUT2D eigenvalue weighted by Gasteiger charge is 1.98. The summed E-state index contributed by atoms with van der Waals surface area (Å²) in [6, 6.07) is 10.4. The van der Waals surface area contributed by atoms with Crippen LogP contribution in [0.5, 0.6) is 0 Å². The van der Waals surface area contributed by atoms with Gasteiger partial charge < -0.3 is 4.40 Å². The fourth-order valence-electron chi connectivity index (χ4n) is 2.00. The second kappa shape index (κ2) is 12.9. The zero-order chi connectivity index (χ0) is 16.8. The van der Waals surface area contributed by atoms with Crippen LogP contribution in [0.25, 0.3) is 16.4 Å². The van der Waals surface area contributed by atoms with Crippen molar-refractivity contribution >= 4 is 16.4 Å². The van der Waals surface area contributed by atoms with Crippen molar-refractivity contribution < 1.29 is 0 Å². The van der Waals surface area contributed by atoms with Crippen molar-refractivity contribution in [1.29, 1.82) is 0 Å². The third-order valence-corrected chi connectivity index (χ3v) is 2.99. The van der Waals surface area contributed by atoms with Gasteiger partial charge in [0.15, 0.2) is 0 Å². The highest BCUT2D eigenvalue weighted by molar-refractivity contribution is 5.93. The maximum atomic E-state index is 4.31. The first-order chi connectivity index (χ1) is 10.9. The zero-order valence-electron chi connectivity index (χ0n) is 15.1. The summed E-state index contributed by atoms with van der Waals surface area (Å²) in [5.41, 5.74) is 1.03. The van der Waals surface area contributed by atoms with E-state index in [2.05, 4.69) is 37.0 Å². The van der Waals surface area contributed by atoms with Gasteiger partial charge in [0.2, 0.25) is 0 Å². The van der Waals surface area contributed by atoms with Crippen LogP contribution in [0.2, 0.25) is 0 Å². The zero-order valence-corrected chi connectivity index (χ0v) is 15.1. The Bertz CT molecular complexity index is 609. The molecule has 0 spiro atoms. The lowest BCUT2D eigenvalue weighted by Gasteiger charge is -1.98. The summed E-state index contributed by atoms with van der Waals surface area (Å²) in [5.74, 6) is 0. The number of imidazole rings is 1. The van der Waals surface area contributed by atoms with Gasteiger partial charge >= 0.3 is 0 Å². The van der Waals surface area contributed by atoms with Gasteiger partial charge in [0.1, 0.15) is 5.65 Å². The molecule has 0 saturated heterocycles. The fraction of sp³-hybridized carbons (Fsp3) is 0.450. The van der Waals surface area contributed by atoms with Gasteiger partial charge in [-0.1, -0.05) is 85.1 Å². The standard InChI is InChI=1S/C11H8N2.C5H12.2C2H6/c1-2-4-10-9(3-1)5-7-13-8-6-12-11(10)13;1-3-5-4-2;2*1-2/h1-8H;3-5H2,1-2H3;2*1-2H3. The molecule has 0 fully saturated rings. The highest BCUT2D eigenvalue weighted by Crippen LogP contribution is 2.17. The molecular weight excluding hydrogens is 268 g/mol. The lowest BCUT2D eigenvalue weighted by Crippen LogP contribution is -1.83. The van der Waals surface area contributed by atoms with Gasteiger partial charge in [0.25, 0.3) is 0 Å². The molecule has 2 heteroatoms. The first kappa shape index (κ1) is 20.2. The van der Waals surface area contributed by atoms with E-state index in [0.29, 0.717) is 0 Å². The summed E-state index contributed by atoms with van der Waals surface area (Å²) in [6.45, 7) is 12.4. The molecule has 0 aliphatic heterocycles. The lowest BCUT2D eigenvalue weighted by atomic mass is 10.2. The molecule has 0 amide bonds. The van der Waals surface area contributed by atoms with Crippen LogP contribution in [0.4, 0.5) is 0 Å². The van der Waals surface area contributed by atoms with E-state index < -0.39 is 0 Å². The Morgan fingerprint density at radius 1 is 0.864 bits per heavy atom. The molecule has 3 rings (SSSR count). The molecule has 22 heavy (non-hydrogen) atoms. The Balaban J connectivity index is 0.000000420. The number of hydrogen-bond donors (Lipinski definition) is 0. The van der Waals surface area contributed by atoms with E-state index in [1.54, 1.807) is 0 Å². The number of fused-ring (bicyclic) bond motifs is 3. The molecule has 122 valence electrons. The number of nitrogens with zero attached hydrogens (tertiary/aromatic N) is 2. The van der Waals surface area contributed by atoms with Gasteiger partial charge in [-0.3, -0.25) is 0 Å². The minimum absolute atomic E-state index is 1.03. The lowest BCUT2D eigenvalue weighted by molar-refractivity contribution is 0.772. The Hall–Kier alpha value is -1.83. The van der Waals surface area contributed by atoms with Crippen LogP contribution in [0, 0.1) is 0 Å². The number of benzene rings is 1. The molecule has 1 aromatic carbocycles. The van der Waals surface area contributed by atoms with Crippen LogP contribution in [-0.4, -0.2) is 9.38 Å². The molecule has 0 N–H and O–H groups in total. The quantitative estimate of drug-likeness (QED) is 0.512. The molecule has 2 nitrogen and oxygen atoms in total. The molecule has 0 unspecified atom stereocenters. The van der Waals surface area contributed by atoms with Crippen molar-refractivity contribution in [3.63, 3.8) is 0 Å². The van der Waals surface area contributed by atoms with Crippen molar-refractivity contribution in [2.24, 2.45) is 0 Å². The predicted molar refractivity (Wildman–Crippen MR) is 101 cm³/mol. The largest absolute Gasteiger partial charge is 0.307 e. The number of hydrogen-bond acceptors (Lipinski definition) is 1. The fourth-order valence-corrected chi connectivity index (χ4v) is 2.00. The summed E-state index contributed by atoms with van der Waals surface area (Å²) in [7, 11) is 0. The average molecular weight is 300 g/mol. The van der Waals surface area contributed by atoms with Crippen LogP contribution in [-0.2, 0) is 0 Å². The van der Waals surface area contributed by atoms with Gasteiger partial charge in [-0.25, -0.2) is 4.98 Å². The molecule has 0 radical (unpaired) electrons. The summed E-state index contributed by atoms with van der Waals surface area (Å²) in [5, 5.41) is 2.44. The van der Waals surface area contributed by atoms with Crippen LogP contribution >= 0.6 is 0 Å². The number of aromatic nitrogens is 2. The molecule has 0 bridgehead atoms. The molecule has 3 aromatic rings. The van der Waals surface area contributed by atoms with Crippen LogP contribution < -0.4 is 0 Å².